The van der Waals surface area contributed by atoms with Gasteiger partial charge in [0.05, 0.1) is 5.02 Å². The van der Waals surface area contributed by atoms with Crippen molar-refractivity contribution in [1.29, 1.82) is 0 Å². The van der Waals surface area contributed by atoms with E-state index in [2.05, 4.69) is 0 Å². The number of rotatable bonds is 4. The first-order valence-electron chi connectivity index (χ1n) is 5.81. The van der Waals surface area contributed by atoms with Gasteiger partial charge in [0.1, 0.15) is 5.56 Å². The van der Waals surface area contributed by atoms with Crippen molar-refractivity contribution in [2.45, 2.75) is 19.9 Å². The SMILES string of the molecule is CC(C)N(C)C(=O)COC(=O)c1c(N)cccc1Cl. The van der Waals surface area contributed by atoms with Crippen LogP contribution < -0.4 is 5.73 Å². The quantitative estimate of drug-likeness (QED) is 0.677. The highest BCUT2D eigenvalue weighted by Crippen LogP contribution is 2.22. The van der Waals surface area contributed by atoms with E-state index in [1.54, 1.807) is 19.2 Å². The number of hydrogen-bond acceptors (Lipinski definition) is 4. The second kappa shape index (κ2) is 6.43. The van der Waals surface area contributed by atoms with Crippen LogP contribution in [0.25, 0.3) is 0 Å². The van der Waals surface area contributed by atoms with E-state index in [1.807, 2.05) is 13.8 Å². The maximum absolute atomic E-state index is 11.8. The molecule has 5 nitrogen and oxygen atoms in total. The van der Waals surface area contributed by atoms with Crippen LogP contribution in [0.15, 0.2) is 18.2 Å². The van der Waals surface area contributed by atoms with Crippen molar-refractivity contribution in [3.05, 3.63) is 28.8 Å². The highest BCUT2D eigenvalue weighted by molar-refractivity contribution is 6.34. The molecule has 0 saturated carbocycles. The summed E-state index contributed by atoms with van der Waals surface area (Å²) < 4.78 is 4.93. The highest BCUT2D eigenvalue weighted by Gasteiger charge is 2.18. The molecule has 1 aromatic carbocycles. The summed E-state index contributed by atoms with van der Waals surface area (Å²) in [5.74, 6) is -0.984. The lowest BCUT2D eigenvalue weighted by Crippen LogP contribution is -2.36. The topological polar surface area (TPSA) is 72.6 Å². The van der Waals surface area contributed by atoms with E-state index in [-0.39, 0.29) is 34.8 Å². The van der Waals surface area contributed by atoms with Crippen molar-refractivity contribution >= 4 is 29.2 Å². The van der Waals surface area contributed by atoms with E-state index in [0.29, 0.717) is 0 Å². The lowest BCUT2D eigenvalue weighted by Gasteiger charge is -2.21. The molecule has 0 aliphatic heterocycles. The molecule has 0 saturated heterocycles. The molecule has 0 aliphatic rings. The zero-order valence-electron chi connectivity index (χ0n) is 11.1. The van der Waals surface area contributed by atoms with Gasteiger partial charge >= 0.3 is 5.97 Å². The summed E-state index contributed by atoms with van der Waals surface area (Å²) in [6.07, 6.45) is 0. The fourth-order valence-corrected chi connectivity index (χ4v) is 1.60. The van der Waals surface area contributed by atoms with Crippen LogP contribution in [0.2, 0.25) is 5.02 Å². The lowest BCUT2D eigenvalue weighted by molar-refractivity contribution is -0.134. The maximum Gasteiger partial charge on any atom is 0.342 e. The fraction of sp³-hybridized carbons (Fsp3) is 0.385. The number of carbonyl (C=O) groups is 2. The third kappa shape index (κ3) is 3.86. The number of anilines is 1. The van der Waals surface area contributed by atoms with Crippen LogP contribution in [-0.2, 0) is 9.53 Å². The Bertz CT molecular complexity index is 469. The third-order valence-corrected chi connectivity index (χ3v) is 3.06. The highest BCUT2D eigenvalue weighted by atomic mass is 35.5. The van der Waals surface area contributed by atoms with Crippen LogP contribution in [-0.4, -0.2) is 36.5 Å². The molecule has 6 heteroatoms. The van der Waals surface area contributed by atoms with Gasteiger partial charge in [0.25, 0.3) is 5.91 Å². The molecule has 0 aliphatic carbocycles. The minimum atomic E-state index is -0.700. The van der Waals surface area contributed by atoms with E-state index >= 15 is 0 Å². The Morgan fingerprint density at radius 1 is 1.42 bits per heavy atom. The molecule has 0 radical (unpaired) electrons. The fourth-order valence-electron chi connectivity index (χ4n) is 1.35. The van der Waals surface area contributed by atoms with Gasteiger partial charge in [-0.3, -0.25) is 4.79 Å². The molecule has 0 bridgehead atoms. The molecule has 0 aromatic heterocycles. The zero-order chi connectivity index (χ0) is 14.6. The first-order chi connectivity index (χ1) is 8.84. The molecule has 0 unspecified atom stereocenters. The lowest BCUT2D eigenvalue weighted by atomic mass is 10.2. The summed E-state index contributed by atoms with van der Waals surface area (Å²) in [7, 11) is 1.64. The number of benzene rings is 1. The van der Waals surface area contributed by atoms with Crippen LogP contribution in [0.5, 0.6) is 0 Å². The van der Waals surface area contributed by atoms with E-state index in [9.17, 15) is 9.59 Å². The predicted molar refractivity (Wildman–Crippen MR) is 74.1 cm³/mol. The summed E-state index contributed by atoms with van der Waals surface area (Å²) in [4.78, 5) is 25.0. The first kappa shape index (κ1) is 15.3. The Labute approximate surface area is 117 Å². The summed E-state index contributed by atoms with van der Waals surface area (Å²) >= 11 is 5.88. The van der Waals surface area contributed by atoms with Gasteiger partial charge in [-0.2, -0.15) is 0 Å². The van der Waals surface area contributed by atoms with E-state index in [1.165, 1.54) is 11.0 Å². The molecule has 1 amide bonds. The average Bonchev–Trinajstić information content (AvgIpc) is 2.34. The molecule has 2 N–H and O–H groups in total. The van der Waals surface area contributed by atoms with Crippen LogP contribution in [0.4, 0.5) is 5.69 Å². The largest absolute Gasteiger partial charge is 0.452 e. The van der Waals surface area contributed by atoms with Gasteiger partial charge in [-0.15, -0.1) is 0 Å². The average molecular weight is 285 g/mol. The molecule has 1 aromatic rings. The Hall–Kier alpha value is -1.75. The molecule has 1 rings (SSSR count). The molecule has 0 atom stereocenters. The first-order valence-corrected chi connectivity index (χ1v) is 6.19. The number of carbonyl (C=O) groups excluding carboxylic acids is 2. The van der Waals surface area contributed by atoms with Gasteiger partial charge in [-0.05, 0) is 26.0 Å². The van der Waals surface area contributed by atoms with E-state index in [0.717, 1.165) is 0 Å². The van der Waals surface area contributed by atoms with Gasteiger partial charge in [0.2, 0.25) is 0 Å². The minimum Gasteiger partial charge on any atom is -0.452 e. The van der Waals surface area contributed by atoms with Crippen molar-refractivity contribution in [2.75, 3.05) is 19.4 Å². The normalized spacial score (nSPS) is 10.4. The van der Waals surface area contributed by atoms with Gasteiger partial charge in [0, 0.05) is 18.8 Å². The Balaban J connectivity index is 2.69. The van der Waals surface area contributed by atoms with Crippen molar-refractivity contribution in [3.63, 3.8) is 0 Å². The van der Waals surface area contributed by atoms with E-state index in [4.69, 9.17) is 22.1 Å². The summed E-state index contributed by atoms with van der Waals surface area (Å²) in [6, 6.07) is 4.75. The Kier molecular flexibility index (Phi) is 5.18. The summed E-state index contributed by atoms with van der Waals surface area (Å²) in [6.45, 7) is 3.40. The maximum atomic E-state index is 11.8. The smallest absolute Gasteiger partial charge is 0.342 e. The van der Waals surface area contributed by atoms with Crippen LogP contribution >= 0.6 is 11.6 Å². The zero-order valence-corrected chi connectivity index (χ0v) is 11.9. The number of hydrogen-bond donors (Lipinski definition) is 1. The minimum absolute atomic E-state index is 0.0385. The van der Waals surface area contributed by atoms with Crippen LogP contribution in [0, 0.1) is 0 Å². The molecule has 0 spiro atoms. The van der Waals surface area contributed by atoms with Crippen molar-refractivity contribution in [3.8, 4) is 0 Å². The monoisotopic (exact) mass is 284 g/mol. The second-order valence-corrected chi connectivity index (χ2v) is 4.79. The predicted octanol–water partition coefficient (Wildman–Crippen LogP) is 1.95. The number of nitrogen functional groups attached to an aromatic ring is 1. The Morgan fingerprint density at radius 2 is 2.05 bits per heavy atom. The number of halogens is 1. The number of ether oxygens (including phenoxy) is 1. The van der Waals surface area contributed by atoms with Crippen molar-refractivity contribution < 1.29 is 14.3 Å². The van der Waals surface area contributed by atoms with Crippen molar-refractivity contribution in [1.82, 2.24) is 4.90 Å². The van der Waals surface area contributed by atoms with Gasteiger partial charge in [0.15, 0.2) is 6.61 Å². The number of amides is 1. The summed E-state index contributed by atoms with van der Waals surface area (Å²) in [5, 5.41) is 0.203. The standard InChI is InChI=1S/C13H17ClN2O3/c1-8(2)16(3)11(17)7-19-13(18)12-9(14)5-4-6-10(12)15/h4-6,8H,7,15H2,1-3H3. The number of likely N-dealkylation sites (N-methyl/N-ethyl adjacent to an activating group) is 1. The van der Waals surface area contributed by atoms with Crippen LogP contribution in [0.3, 0.4) is 0 Å². The Morgan fingerprint density at radius 3 is 2.58 bits per heavy atom. The van der Waals surface area contributed by atoms with E-state index < -0.39 is 5.97 Å². The summed E-state index contributed by atoms with van der Waals surface area (Å²) in [5.41, 5.74) is 5.97. The third-order valence-electron chi connectivity index (χ3n) is 2.74. The van der Waals surface area contributed by atoms with Gasteiger partial charge in [-0.1, -0.05) is 17.7 Å². The number of nitrogens with zero attached hydrogens (tertiary/aromatic N) is 1. The molecular formula is C13H17ClN2O3. The second-order valence-electron chi connectivity index (χ2n) is 4.38. The molecule has 0 heterocycles. The molecule has 104 valence electrons. The number of esters is 1. The van der Waals surface area contributed by atoms with Gasteiger partial charge < -0.3 is 15.4 Å². The molecular weight excluding hydrogens is 268 g/mol. The van der Waals surface area contributed by atoms with Crippen molar-refractivity contribution in [2.24, 2.45) is 0 Å². The number of nitrogens with two attached hydrogens (primary N) is 1. The van der Waals surface area contributed by atoms with Gasteiger partial charge in [-0.25, -0.2) is 4.79 Å². The molecule has 0 fully saturated rings. The van der Waals surface area contributed by atoms with Crippen LogP contribution in [0.1, 0.15) is 24.2 Å². The molecule has 19 heavy (non-hydrogen) atoms.